The predicted molar refractivity (Wildman–Crippen MR) is 104 cm³/mol. The van der Waals surface area contributed by atoms with Crippen LogP contribution in [0, 0.1) is 11.7 Å². The van der Waals surface area contributed by atoms with Gasteiger partial charge in [0.2, 0.25) is 0 Å². The van der Waals surface area contributed by atoms with Gasteiger partial charge in [0.05, 0.1) is 24.0 Å². The maximum atomic E-state index is 14.0. The highest BCUT2D eigenvalue weighted by Gasteiger charge is 2.25. The van der Waals surface area contributed by atoms with Crippen LogP contribution in [-0.4, -0.2) is 32.7 Å². The number of nitrogens with one attached hydrogen (secondary N) is 1. The van der Waals surface area contributed by atoms with E-state index in [1.54, 1.807) is 13.2 Å². The average Bonchev–Trinajstić information content (AvgIpc) is 3.07. The van der Waals surface area contributed by atoms with E-state index in [2.05, 4.69) is 26.1 Å². The summed E-state index contributed by atoms with van der Waals surface area (Å²) in [6.45, 7) is 2.40. The highest BCUT2D eigenvalue weighted by molar-refractivity contribution is 9.10. The van der Waals surface area contributed by atoms with E-state index in [1.807, 2.05) is 24.3 Å². The van der Waals surface area contributed by atoms with Gasteiger partial charge in [0.1, 0.15) is 11.6 Å². The number of amides is 1. The third kappa shape index (κ3) is 3.93. The lowest BCUT2D eigenvalue weighted by Crippen LogP contribution is -2.24. The number of anilines is 2. The van der Waals surface area contributed by atoms with Crippen LogP contribution in [0.25, 0.3) is 0 Å². The quantitative estimate of drug-likeness (QED) is 0.746. The van der Waals surface area contributed by atoms with Crippen LogP contribution >= 0.6 is 15.9 Å². The molecule has 26 heavy (non-hydrogen) atoms. The van der Waals surface area contributed by atoms with Crippen molar-refractivity contribution in [3.8, 4) is 5.75 Å². The smallest absolute Gasteiger partial charge is 0.253 e. The van der Waals surface area contributed by atoms with Gasteiger partial charge in [-0.05, 0) is 36.6 Å². The molecule has 7 heteroatoms. The molecule has 1 atom stereocenters. The van der Waals surface area contributed by atoms with Crippen LogP contribution in [0.15, 0.2) is 40.9 Å². The molecule has 5 nitrogen and oxygen atoms in total. The minimum absolute atomic E-state index is 0.104. The summed E-state index contributed by atoms with van der Waals surface area (Å²) in [5.74, 6) is -0.190. The molecule has 1 amide bonds. The lowest BCUT2D eigenvalue weighted by molar-refractivity contribution is 0.0997. The first-order valence-corrected chi connectivity index (χ1v) is 9.19. The van der Waals surface area contributed by atoms with Gasteiger partial charge >= 0.3 is 0 Å². The summed E-state index contributed by atoms with van der Waals surface area (Å²) in [5.41, 5.74) is 6.71. The largest absolute Gasteiger partial charge is 0.495 e. The molecule has 0 radical (unpaired) electrons. The van der Waals surface area contributed by atoms with Gasteiger partial charge in [0.15, 0.2) is 0 Å². The number of para-hydroxylation sites is 2. The van der Waals surface area contributed by atoms with Crippen molar-refractivity contribution < 1.29 is 13.9 Å². The number of methoxy groups -OCH3 is 1. The molecule has 1 heterocycles. The van der Waals surface area contributed by atoms with Crippen molar-refractivity contribution in [3.05, 3.63) is 52.3 Å². The van der Waals surface area contributed by atoms with Gasteiger partial charge in [-0.1, -0.05) is 28.1 Å². The Labute approximate surface area is 160 Å². The van der Waals surface area contributed by atoms with Gasteiger partial charge < -0.3 is 20.7 Å². The number of primary amides is 1. The first-order valence-electron chi connectivity index (χ1n) is 8.40. The fourth-order valence-electron chi connectivity index (χ4n) is 3.33. The van der Waals surface area contributed by atoms with Crippen molar-refractivity contribution in [3.63, 3.8) is 0 Å². The Kier molecular flexibility index (Phi) is 5.66. The molecule has 0 aliphatic carbocycles. The summed E-state index contributed by atoms with van der Waals surface area (Å²) >= 11 is 3.25. The molecule has 0 saturated carbocycles. The number of rotatable bonds is 6. The molecule has 3 N–H and O–H groups in total. The summed E-state index contributed by atoms with van der Waals surface area (Å²) in [4.78, 5) is 13.8. The molecule has 138 valence electrons. The van der Waals surface area contributed by atoms with Crippen molar-refractivity contribution >= 4 is 33.2 Å². The normalized spacial score (nSPS) is 16.6. The number of halogens is 2. The molecule has 2 aromatic carbocycles. The summed E-state index contributed by atoms with van der Waals surface area (Å²) in [6, 6.07) is 10.9. The molecule has 1 fully saturated rings. The molecular formula is C19H21BrFN3O2. The minimum Gasteiger partial charge on any atom is -0.495 e. The fourth-order valence-corrected chi connectivity index (χ4v) is 3.76. The van der Waals surface area contributed by atoms with Crippen LogP contribution in [0.1, 0.15) is 16.8 Å². The lowest BCUT2D eigenvalue weighted by Gasteiger charge is -2.21. The summed E-state index contributed by atoms with van der Waals surface area (Å²) in [7, 11) is 1.67. The number of carbonyl (C=O) groups excluding carboxylic acids is 1. The van der Waals surface area contributed by atoms with Crippen LogP contribution < -0.4 is 20.7 Å². The molecular weight excluding hydrogens is 401 g/mol. The Morgan fingerprint density at radius 3 is 2.92 bits per heavy atom. The van der Waals surface area contributed by atoms with Crippen LogP contribution in [0.3, 0.4) is 0 Å². The lowest BCUT2D eigenvalue weighted by atomic mass is 10.1. The molecule has 1 aliphatic rings. The number of carbonyl (C=O) groups is 1. The Morgan fingerprint density at radius 1 is 1.42 bits per heavy atom. The van der Waals surface area contributed by atoms with E-state index in [4.69, 9.17) is 10.5 Å². The van der Waals surface area contributed by atoms with Crippen molar-refractivity contribution in [2.75, 3.05) is 37.0 Å². The molecule has 1 saturated heterocycles. The van der Waals surface area contributed by atoms with E-state index < -0.39 is 11.7 Å². The second-order valence-corrected chi connectivity index (χ2v) is 7.24. The molecule has 3 rings (SSSR count). The number of nitrogens with two attached hydrogens (primary N) is 1. The number of benzene rings is 2. The van der Waals surface area contributed by atoms with Gasteiger partial charge in [-0.25, -0.2) is 4.39 Å². The van der Waals surface area contributed by atoms with E-state index in [0.29, 0.717) is 22.6 Å². The van der Waals surface area contributed by atoms with Crippen molar-refractivity contribution in [1.29, 1.82) is 0 Å². The first-order chi connectivity index (χ1) is 12.5. The maximum Gasteiger partial charge on any atom is 0.253 e. The average molecular weight is 422 g/mol. The van der Waals surface area contributed by atoms with E-state index in [1.165, 1.54) is 6.07 Å². The van der Waals surface area contributed by atoms with Crippen LogP contribution in [0.5, 0.6) is 5.75 Å². The molecule has 0 aromatic heterocycles. The maximum absolute atomic E-state index is 14.0. The van der Waals surface area contributed by atoms with Gasteiger partial charge in [-0.3, -0.25) is 4.79 Å². The topological polar surface area (TPSA) is 67.6 Å². The molecule has 1 unspecified atom stereocenters. The van der Waals surface area contributed by atoms with Crippen molar-refractivity contribution in [2.24, 2.45) is 11.7 Å². The highest BCUT2D eigenvalue weighted by Crippen LogP contribution is 2.32. The van der Waals surface area contributed by atoms with Gasteiger partial charge in [-0.2, -0.15) is 0 Å². The van der Waals surface area contributed by atoms with Crippen molar-refractivity contribution in [1.82, 2.24) is 0 Å². The summed E-state index contributed by atoms with van der Waals surface area (Å²) < 4.78 is 20.0. The SMILES string of the molecule is COc1ccccc1N1CCC(CNc2cc(Br)cc(F)c2C(N)=O)C1. The Morgan fingerprint density at radius 2 is 2.19 bits per heavy atom. The fraction of sp³-hybridized carbons (Fsp3) is 0.316. The summed E-state index contributed by atoms with van der Waals surface area (Å²) in [5, 5.41) is 3.19. The van der Waals surface area contributed by atoms with E-state index in [0.717, 1.165) is 30.9 Å². The van der Waals surface area contributed by atoms with Gasteiger partial charge in [0.25, 0.3) is 5.91 Å². The predicted octanol–water partition coefficient (Wildman–Crippen LogP) is 3.63. The monoisotopic (exact) mass is 421 g/mol. The Balaban J connectivity index is 1.68. The van der Waals surface area contributed by atoms with Crippen LogP contribution in [-0.2, 0) is 0 Å². The summed E-state index contributed by atoms with van der Waals surface area (Å²) in [6.07, 6.45) is 0.993. The van der Waals surface area contributed by atoms with Crippen LogP contribution in [0.2, 0.25) is 0 Å². The van der Waals surface area contributed by atoms with E-state index >= 15 is 0 Å². The van der Waals surface area contributed by atoms with E-state index in [9.17, 15) is 9.18 Å². The minimum atomic E-state index is -0.778. The standard InChI is InChI=1S/C19H21BrFN3O2/c1-26-17-5-3-2-4-16(17)24-7-6-12(11-24)10-23-15-9-13(20)8-14(21)18(15)19(22)25/h2-5,8-9,12,23H,6-7,10-11H2,1H3,(H2,22,25). The van der Waals surface area contributed by atoms with Gasteiger partial charge in [0, 0.05) is 24.1 Å². The molecule has 1 aliphatic heterocycles. The Hall–Kier alpha value is -2.28. The molecule has 0 bridgehead atoms. The van der Waals surface area contributed by atoms with E-state index in [-0.39, 0.29) is 5.56 Å². The zero-order chi connectivity index (χ0) is 18.7. The molecule has 0 spiro atoms. The van der Waals surface area contributed by atoms with Crippen LogP contribution in [0.4, 0.5) is 15.8 Å². The highest BCUT2D eigenvalue weighted by atomic mass is 79.9. The Bertz CT molecular complexity index is 815. The van der Waals surface area contributed by atoms with Crippen molar-refractivity contribution in [2.45, 2.75) is 6.42 Å². The first kappa shape index (κ1) is 18.5. The zero-order valence-corrected chi connectivity index (χ0v) is 16.1. The van der Waals surface area contributed by atoms with Gasteiger partial charge in [-0.15, -0.1) is 0 Å². The number of hydrogen-bond acceptors (Lipinski definition) is 4. The number of hydrogen-bond donors (Lipinski definition) is 2. The second kappa shape index (κ2) is 7.95. The third-order valence-corrected chi connectivity index (χ3v) is 5.05. The number of nitrogens with zero attached hydrogens (tertiary/aromatic N) is 1. The number of ether oxygens (including phenoxy) is 1. The third-order valence-electron chi connectivity index (χ3n) is 4.59. The molecule has 2 aromatic rings. The zero-order valence-electron chi connectivity index (χ0n) is 14.5. The second-order valence-electron chi connectivity index (χ2n) is 6.33.